The van der Waals surface area contributed by atoms with Gasteiger partial charge in [-0.2, -0.15) is 0 Å². The van der Waals surface area contributed by atoms with Gasteiger partial charge >= 0.3 is 0 Å². The molecule has 0 atom stereocenters. The van der Waals surface area contributed by atoms with Crippen LogP contribution < -0.4 is 5.32 Å². The zero-order chi connectivity index (χ0) is 15.9. The number of nitrogens with zero attached hydrogens (tertiary/aromatic N) is 1. The largest absolute Gasteiger partial charge is 0.395 e. The number of aliphatic hydroxyl groups excluding tert-OH is 1. The minimum absolute atomic E-state index is 0.0192. The molecule has 0 aliphatic heterocycles. The number of nitrogens with one attached hydrogen (secondary N) is 1. The monoisotopic (exact) mass is 312 g/mol. The molecule has 1 aliphatic rings. The summed E-state index contributed by atoms with van der Waals surface area (Å²) in [7, 11) is 0. The molecule has 0 radical (unpaired) electrons. The number of rotatable bonds is 6. The number of hydrogen-bond donors (Lipinski definition) is 2. The summed E-state index contributed by atoms with van der Waals surface area (Å²) in [4.78, 5) is 14.0. The van der Waals surface area contributed by atoms with Gasteiger partial charge in [-0.05, 0) is 25.0 Å². The molecule has 6 heteroatoms. The third-order valence-electron chi connectivity index (χ3n) is 4.03. The Hall–Kier alpha value is -1.53. The van der Waals surface area contributed by atoms with Gasteiger partial charge in [0.2, 0.25) is 5.91 Å². The van der Waals surface area contributed by atoms with Crippen molar-refractivity contribution in [3.8, 4) is 0 Å². The maximum atomic E-state index is 13.5. The van der Waals surface area contributed by atoms with Crippen LogP contribution in [-0.2, 0) is 4.79 Å². The van der Waals surface area contributed by atoms with Crippen LogP contribution in [0.4, 0.5) is 14.5 Å². The molecule has 1 fully saturated rings. The van der Waals surface area contributed by atoms with Gasteiger partial charge in [0.1, 0.15) is 11.6 Å². The van der Waals surface area contributed by atoms with E-state index in [0.717, 1.165) is 37.8 Å². The van der Waals surface area contributed by atoms with Crippen LogP contribution in [0.5, 0.6) is 0 Å². The molecule has 1 aliphatic carbocycles. The third-order valence-corrected chi connectivity index (χ3v) is 4.03. The zero-order valence-corrected chi connectivity index (χ0v) is 12.5. The van der Waals surface area contributed by atoms with Gasteiger partial charge < -0.3 is 10.4 Å². The quantitative estimate of drug-likeness (QED) is 0.849. The van der Waals surface area contributed by atoms with Crippen LogP contribution in [0, 0.1) is 11.6 Å². The van der Waals surface area contributed by atoms with Crippen molar-refractivity contribution in [3.63, 3.8) is 0 Å². The lowest BCUT2D eigenvalue weighted by atomic mass is 9.94. The van der Waals surface area contributed by atoms with E-state index in [1.807, 2.05) is 4.90 Å². The number of hydrogen-bond acceptors (Lipinski definition) is 3. The molecule has 2 N–H and O–H groups in total. The van der Waals surface area contributed by atoms with Crippen molar-refractivity contribution in [2.45, 2.75) is 38.1 Å². The number of amides is 1. The Morgan fingerprint density at radius 2 is 2.00 bits per heavy atom. The summed E-state index contributed by atoms with van der Waals surface area (Å²) in [6, 6.07) is 3.33. The summed E-state index contributed by atoms with van der Waals surface area (Å²) in [6.07, 6.45) is 5.48. The van der Waals surface area contributed by atoms with Crippen LogP contribution in [0.1, 0.15) is 32.1 Å². The molecule has 0 unspecified atom stereocenters. The standard InChI is InChI=1S/C16H22F2N2O2/c17-12-6-7-15(14(18)10-12)19-16(22)11-20(8-9-21)13-4-2-1-3-5-13/h6-7,10,13,21H,1-5,8-9,11H2,(H,19,22). The van der Waals surface area contributed by atoms with Crippen molar-refractivity contribution in [2.24, 2.45) is 0 Å². The highest BCUT2D eigenvalue weighted by Crippen LogP contribution is 2.22. The minimum Gasteiger partial charge on any atom is -0.395 e. The topological polar surface area (TPSA) is 52.6 Å². The maximum Gasteiger partial charge on any atom is 0.238 e. The second-order valence-corrected chi connectivity index (χ2v) is 5.66. The predicted molar refractivity (Wildman–Crippen MR) is 80.5 cm³/mol. The van der Waals surface area contributed by atoms with Crippen LogP contribution in [0.15, 0.2) is 18.2 Å². The van der Waals surface area contributed by atoms with Crippen LogP contribution in [0.2, 0.25) is 0 Å². The Labute approximate surface area is 129 Å². The van der Waals surface area contributed by atoms with E-state index >= 15 is 0 Å². The van der Waals surface area contributed by atoms with Gasteiger partial charge in [0.25, 0.3) is 0 Å². The van der Waals surface area contributed by atoms with Crippen molar-refractivity contribution < 1.29 is 18.7 Å². The molecule has 1 saturated carbocycles. The number of anilines is 1. The summed E-state index contributed by atoms with van der Waals surface area (Å²) < 4.78 is 26.4. The van der Waals surface area contributed by atoms with E-state index in [1.54, 1.807) is 0 Å². The Balaban J connectivity index is 1.95. The number of carbonyl (C=O) groups is 1. The van der Waals surface area contributed by atoms with Gasteiger partial charge in [0.05, 0.1) is 18.8 Å². The van der Waals surface area contributed by atoms with Gasteiger partial charge in [0, 0.05) is 18.7 Å². The lowest BCUT2D eigenvalue weighted by molar-refractivity contribution is -0.118. The summed E-state index contributed by atoms with van der Waals surface area (Å²) in [6.45, 7) is 0.501. The van der Waals surface area contributed by atoms with Crippen molar-refractivity contribution in [2.75, 3.05) is 25.0 Å². The van der Waals surface area contributed by atoms with Crippen LogP contribution >= 0.6 is 0 Å². The van der Waals surface area contributed by atoms with E-state index in [-0.39, 0.29) is 30.8 Å². The van der Waals surface area contributed by atoms with Crippen molar-refractivity contribution >= 4 is 11.6 Å². The average Bonchev–Trinajstić information content (AvgIpc) is 2.50. The molecular weight excluding hydrogens is 290 g/mol. The summed E-state index contributed by atoms with van der Waals surface area (Å²) in [5.41, 5.74) is -0.0287. The van der Waals surface area contributed by atoms with E-state index in [9.17, 15) is 13.6 Å². The normalized spacial score (nSPS) is 16.0. The fourth-order valence-corrected chi connectivity index (χ4v) is 2.93. The van der Waals surface area contributed by atoms with Gasteiger partial charge in [-0.1, -0.05) is 19.3 Å². The van der Waals surface area contributed by atoms with Crippen LogP contribution in [0.3, 0.4) is 0 Å². The molecule has 0 bridgehead atoms. The molecular formula is C16H22F2N2O2. The first-order chi connectivity index (χ1) is 10.6. The molecule has 0 aromatic heterocycles. The maximum absolute atomic E-state index is 13.5. The van der Waals surface area contributed by atoms with E-state index in [0.29, 0.717) is 6.54 Å². The van der Waals surface area contributed by atoms with Crippen molar-refractivity contribution in [1.29, 1.82) is 0 Å². The van der Waals surface area contributed by atoms with Gasteiger partial charge in [-0.15, -0.1) is 0 Å². The van der Waals surface area contributed by atoms with Gasteiger partial charge in [-0.25, -0.2) is 8.78 Å². The van der Waals surface area contributed by atoms with Gasteiger partial charge in [-0.3, -0.25) is 9.69 Å². The SMILES string of the molecule is O=C(CN(CCO)C1CCCCC1)Nc1ccc(F)cc1F. The fourth-order valence-electron chi connectivity index (χ4n) is 2.93. The van der Waals surface area contributed by atoms with E-state index in [4.69, 9.17) is 5.11 Å². The first-order valence-electron chi connectivity index (χ1n) is 7.70. The zero-order valence-electron chi connectivity index (χ0n) is 12.5. The molecule has 122 valence electrons. The molecule has 0 saturated heterocycles. The molecule has 4 nitrogen and oxygen atoms in total. The smallest absolute Gasteiger partial charge is 0.238 e. The summed E-state index contributed by atoms with van der Waals surface area (Å²) in [5.74, 6) is -1.83. The number of benzene rings is 1. The van der Waals surface area contributed by atoms with Gasteiger partial charge in [0.15, 0.2) is 0 Å². The second kappa shape index (κ2) is 8.19. The Kier molecular flexibility index (Phi) is 6.27. The first kappa shape index (κ1) is 16.8. The molecule has 0 spiro atoms. The Bertz CT molecular complexity index is 505. The lowest BCUT2D eigenvalue weighted by Gasteiger charge is -2.33. The van der Waals surface area contributed by atoms with Crippen LogP contribution in [0.25, 0.3) is 0 Å². The number of carbonyl (C=O) groups excluding carboxylic acids is 1. The molecule has 1 aromatic carbocycles. The van der Waals surface area contributed by atoms with E-state index in [2.05, 4.69) is 5.32 Å². The Morgan fingerprint density at radius 1 is 1.27 bits per heavy atom. The molecule has 1 aromatic rings. The predicted octanol–water partition coefficient (Wildman–Crippen LogP) is 2.53. The average molecular weight is 312 g/mol. The van der Waals surface area contributed by atoms with Crippen LogP contribution in [-0.4, -0.2) is 41.7 Å². The fraction of sp³-hybridized carbons (Fsp3) is 0.562. The molecule has 0 heterocycles. The van der Waals surface area contributed by atoms with E-state index < -0.39 is 11.6 Å². The number of aliphatic hydroxyl groups is 1. The molecule has 22 heavy (non-hydrogen) atoms. The third kappa shape index (κ3) is 4.74. The molecule has 2 rings (SSSR count). The first-order valence-corrected chi connectivity index (χ1v) is 7.70. The molecule has 1 amide bonds. The summed E-state index contributed by atoms with van der Waals surface area (Å²) >= 11 is 0. The van der Waals surface area contributed by atoms with Crippen molar-refractivity contribution in [3.05, 3.63) is 29.8 Å². The minimum atomic E-state index is -0.792. The Morgan fingerprint density at radius 3 is 2.64 bits per heavy atom. The number of halogens is 2. The second-order valence-electron chi connectivity index (χ2n) is 5.66. The summed E-state index contributed by atoms with van der Waals surface area (Å²) in [5, 5.41) is 11.6. The highest BCUT2D eigenvalue weighted by molar-refractivity contribution is 5.92. The lowest BCUT2D eigenvalue weighted by Crippen LogP contribution is -2.43. The van der Waals surface area contributed by atoms with Crippen molar-refractivity contribution in [1.82, 2.24) is 4.90 Å². The highest BCUT2D eigenvalue weighted by atomic mass is 19.1. The van der Waals surface area contributed by atoms with E-state index in [1.165, 1.54) is 12.5 Å². The highest BCUT2D eigenvalue weighted by Gasteiger charge is 2.23.